The summed E-state index contributed by atoms with van der Waals surface area (Å²) in [6, 6.07) is 3.19. The highest BCUT2D eigenvalue weighted by atomic mass is 32.1. The van der Waals surface area contributed by atoms with Gasteiger partial charge in [-0.1, -0.05) is 6.07 Å². The lowest BCUT2D eigenvalue weighted by Crippen LogP contribution is -2.21. The van der Waals surface area contributed by atoms with Crippen molar-refractivity contribution in [2.45, 2.75) is 5.92 Å². The Kier molecular flexibility index (Phi) is 2.44. The Hall–Kier alpha value is -1.36. The Labute approximate surface area is 72.6 Å². The zero-order valence-corrected chi connectivity index (χ0v) is 6.80. The number of nitrogens with one attached hydrogen (secondary N) is 1. The average molecular weight is 184 g/mol. The van der Waals surface area contributed by atoms with Crippen LogP contribution in [0.3, 0.4) is 0 Å². The highest BCUT2D eigenvalue weighted by Gasteiger charge is 2.27. The molecule has 0 saturated carbocycles. The summed E-state index contributed by atoms with van der Waals surface area (Å²) in [5, 5.41) is 10.3. The summed E-state index contributed by atoms with van der Waals surface area (Å²) >= 11 is 1.17. The average Bonchev–Trinajstić information content (AvgIpc) is 2.37. The van der Waals surface area contributed by atoms with E-state index in [1.165, 1.54) is 17.4 Å². The summed E-state index contributed by atoms with van der Waals surface area (Å²) in [5.74, 6) is -3.66. The van der Waals surface area contributed by atoms with Crippen LogP contribution >= 0.6 is 11.3 Å². The second-order valence-corrected chi connectivity index (χ2v) is 3.13. The van der Waals surface area contributed by atoms with Crippen molar-refractivity contribution in [1.29, 1.82) is 0 Å². The van der Waals surface area contributed by atoms with Gasteiger partial charge in [0.2, 0.25) is 0 Å². The molecule has 0 bridgehead atoms. The topological polar surface area (TPSA) is 78.2 Å². The molecule has 0 saturated heterocycles. The largest absolute Gasteiger partial charge is 0.480 e. The minimum atomic E-state index is -1.31. The van der Waals surface area contributed by atoms with Crippen LogP contribution in [0.25, 0.3) is 0 Å². The first-order valence-electron chi connectivity index (χ1n) is 3.14. The number of hydrogen-bond donors (Lipinski definition) is 1. The maximum atomic E-state index is 10.6. The van der Waals surface area contributed by atoms with Crippen LogP contribution in [0.4, 0.5) is 0 Å². The van der Waals surface area contributed by atoms with Gasteiger partial charge in [0.1, 0.15) is 0 Å². The highest BCUT2D eigenvalue weighted by molar-refractivity contribution is 7.10. The molecule has 0 spiro atoms. The monoisotopic (exact) mass is 184 g/mol. The van der Waals surface area contributed by atoms with Gasteiger partial charge in [0.15, 0.2) is 5.92 Å². The number of carboxylic acids is 1. The molecule has 1 atom stereocenters. The van der Waals surface area contributed by atoms with E-state index in [0.29, 0.717) is 4.88 Å². The van der Waals surface area contributed by atoms with Crippen molar-refractivity contribution < 1.29 is 14.7 Å². The lowest BCUT2D eigenvalue weighted by molar-refractivity contribution is -0.142. The molecule has 2 N–H and O–H groups in total. The molecule has 1 unspecified atom stereocenters. The first kappa shape index (κ1) is 8.73. The van der Waals surface area contributed by atoms with Crippen molar-refractivity contribution in [1.82, 2.24) is 5.73 Å². The van der Waals surface area contributed by atoms with Crippen LogP contribution in [0.1, 0.15) is 10.8 Å². The van der Waals surface area contributed by atoms with E-state index in [-0.39, 0.29) is 0 Å². The van der Waals surface area contributed by atoms with Crippen LogP contribution in [-0.4, -0.2) is 17.0 Å². The van der Waals surface area contributed by atoms with Gasteiger partial charge in [-0.15, -0.1) is 11.3 Å². The van der Waals surface area contributed by atoms with Gasteiger partial charge < -0.3 is 5.11 Å². The Morgan fingerprint density at radius 2 is 2.25 bits per heavy atom. The van der Waals surface area contributed by atoms with Crippen molar-refractivity contribution in [2.24, 2.45) is 0 Å². The molecular weight excluding hydrogens is 178 g/mol. The summed E-state index contributed by atoms with van der Waals surface area (Å²) in [6.07, 6.45) is 0. The van der Waals surface area contributed by atoms with E-state index in [9.17, 15) is 9.59 Å². The zero-order valence-electron chi connectivity index (χ0n) is 5.98. The summed E-state index contributed by atoms with van der Waals surface area (Å²) in [5.41, 5.74) is 6.73. The molecule has 0 aromatic carbocycles. The number of amides is 1. The maximum absolute atomic E-state index is 10.6. The van der Waals surface area contributed by atoms with E-state index in [4.69, 9.17) is 10.8 Å². The Morgan fingerprint density at radius 1 is 1.58 bits per heavy atom. The third-order valence-electron chi connectivity index (χ3n) is 1.34. The number of rotatable bonds is 3. The molecule has 0 aliphatic rings. The highest BCUT2D eigenvalue weighted by Crippen LogP contribution is 2.21. The first-order chi connectivity index (χ1) is 5.63. The van der Waals surface area contributed by atoms with Crippen molar-refractivity contribution in [2.75, 3.05) is 0 Å². The number of carbonyl (C=O) groups is 2. The van der Waals surface area contributed by atoms with Gasteiger partial charge in [0.05, 0.1) is 0 Å². The minimum absolute atomic E-state index is 0.405. The molecule has 12 heavy (non-hydrogen) atoms. The van der Waals surface area contributed by atoms with Crippen molar-refractivity contribution in [3.05, 3.63) is 22.4 Å². The van der Waals surface area contributed by atoms with Crippen molar-refractivity contribution in [3.8, 4) is 0 Å². The molecule has 0 aliphatic heterocycles. The quantitative estimate of drug-likeness (QED) is 0.703. The third-order valence-corrected chi connectivity index (χ3v) is 2.27. The summed E-state index contributed by atoms with van der Waals surface area (Å²) in [4.78, 5) is 21.5. The summed E-state index contributed by atoms with van der Waals surface area (Å²) < 4.78 is 0. The fourth-order valence-electron chi connectivity index (χ4n) is 0.819. The second-order valence-electron chi connectivity index (χ2n) is 2.15. The molecule has 1 aromatic rings. The molecule has 4 nitrogen and oxygen atoms in total. The van der Waals surface area contributed by atoms with E-state index in [1.807, 2.05) is 0 Å². The first-order valence-corrected chi connectivity index (χ1v) is 4.02. The maximum Gasteiger partial charge on any atom is 0.321 e. The van der Waals surface area contributed by atoms with Crippen LogP contribution < -0.4 is 5.73 Å². The Balaban J connectivity index is 2.96. The van der Waals surface area contributed by atoms with Gasteiger partial charge in [0, 0.05) is 4.88 Å². The smallest absolute Gasteiger partial charge is 0.321 e. The summed E-state index contributed by atoms with van der Waals surface area (Å²) in [6.45, 7) is 0. The fraction of sp³-hybridized carbons (Fsp3) is 0.143. The van der Waals surface area contributed by atoms with E-state index in [0.717, 1.165) is 0 Å². The van der Waals surface area contributed by atoms with E-state index in [2.05, 4.69) is 0 Å². The lowest BCUT2D eigenvalue weighted by atomic mass is 10.1. The molecule has 1 aromatic heterocycles. The Bertz CT molecular complexity index is 280. The second kappa shape index (κ2) is 3.36. The lowest BCUT2D eigenvalue weighted by Gasteiger charge is -2.02. The SMILES string of the molecule is [NH]C(=O)C(C(=O)O)c1cccs1. The standard InChI is InChI=1S/C7H6NO3S/c8-6(9)5(7(10)11)4-2-1-3-12-4/h1-3,5,8H,(H,10,11). The molecule has 0 aliphatic carbocycles. The molecule has 1 rings (SSSR count). The molecule has 5 heteroatoms. The molecule has 1 radical (unpaired) electrons. The van der Waals surface area contributed by atoms with Gasteiger partial charge in [-0.3, -0.25) is 15.3 Å². The Morgan fingerprint density at radius 3 is 2.58 bits per heavy atom. The van der Waals surface area contributed by atoms with Crippen LogP contribution in [0.15, 0.2) is 17.5 Å². The van der Waals surface area contributed by atoms with Crippen LogP contribution in [0.5, 0.6) is 0 Å². The third kappa shape index (κ3) is 1.62. The van der Waals surface area contributed by atoms with Crippen molar-refractivity contribution >= 4 is 23.2 Å². The number of carboxylic acid groups (broad SMARTS) is 1. The number of carbonyl (C=O) groups excluding carboxylic acids is 1. The zero-order chi connectivity index (χ0) is 9.14. The number of thiophene rings is 1. The van der Waals surface area contributed by atoms with Crippen molar-refractivity contribution in [3.63, 3.8) is 0 Å². The van der Waals surface area contributed by atoms with Gasteiger partial charge in [0.25, 0.3) is 5.91 Å². The van der Waals surface area contributed by atoms with Crippen LogP contribution in [0.2, 0.25) is 0 Å². The summed E-state index contributed by atoms with van der Waals surface area (Å²) in [7, 11) is 0. The van der Waals surface area contributed by atoms with Gasteiger partial charge in [-0.25, -0.2) is 0 Å². The normalized spacial score (nSPS) is 12.3. The molecule has 1 heterocycles. The van der Waals surface area contributed by atoms with Gasteiger partial charge in [-0.2, -0.15) is 0 Å². The minimum Gasteiger partial charge on any atom is -0.480 e. The number of hydrogen-bond acceptors (Lipinski definition) is 3. The molecular formula is C7H6NO3S. The fourth-order valence-corrected chi connectivity index (χ4v) is 1.63. The van der Waals surface area contributed by atoms with Crippen LogP contribution in [0, 0.1) is 0 Å². The molecule has 0 fully saturated rings. The van der Waals surface area contributed by atoms with Crippen LogP contribution in [-0.2, 0) is 9.59 Å². The van der Waals surface area contributed by atoms with Gasteiger partial charge >= 0.3 is 5.97 Å². The predicted molar refractivity (Wildman–Crippen MR) is 42.8 cm³/mol. The molecule has 63 valence electrons. The van der Waals surface area contributed by atoms with E-state index in [1.54, 1.807) is 11.4 Å². The van der Waals surface area contributed by atoms with E-state index >= 15 is 0 Å². The number of aliphatic carboxylic acids is 1. The van der Waals surface area contributed by atoms with Gasteiger partial charge in [-0.05, 0) is 11.4 Å². The molecule has 1 amide bonds. The predicted octanol–water partition coefficient (Wildman–Crippen LogP) is 0.726. The van der Waals surface area contributed by atoms with E-state index < -0.39 is 17.8 Å².